The van der Waals surface area contributed by atoms with Gasteiger partial charge in [-0.3, -0.25) is 0 Å². The molecule has 3 rings (SSSR count). The molecule has 0 radical (unpaired) electrons. The van der Waals surface area contributed by atoms with Crippen LogP contribution in [-0.4, -0.2) is 28.0 Å². The molecule has 0 fully saturated rings. The highest BCUT2D eigenvalue weighted by molar-refractivity contribution is 5.65. The van der Waals surface area contributed by atoms with Crippen molar-refractivity contribution in [3.63, 3.8) is 0 Å². The quantitative estimate of drug-likeness (QED) is 0.698. The van der Waals surface area contributed by atoms with E-state index in [0.29, 0.717) is 13.1 Å². The molecule has 24 heavy (non-hydrogen) atoms. The van der Waals surface area contributed by atoms with Crippen molar-refractivity contribution in [2.45, 2.75) is 13.5 Å². The van der Waals surface area contributed by atoms with Gasteiger partial charge in [-0.1, -0.05) is 42.5 Å². The Labute approximate surface area is 141 Å². The zero-order chi connectivity index (χ0) is 16.8. The number of aliphatic hydroxyl groups excluding tert-OH is 1. The molecule has 0 bridgehead atoms. The Bertz CT molecular complexity index is 803. The van der Waals surface area contributed by atoms with E-state index < -0.39 is 0 Å². The van der Waals surface area contributed by atoms with Crippen LogP contribution in [0.2, 0.25) is 0 Å². The molecule has 0 aliphatic rings. The minimum absolute atomic E-state index is 0.0417. The van der Waals surface area contributed by atoms with Crippen LogP contribution < -0.4 is 5.32 Å². The van der Waals surface area contributed by atoms with Crippen LogP contribution in [0.4, 0.5) is 5.82 Å². The van der Waals surface area contributed by atoms with Crippen molar-refractivity contribution in [1.29, 1.82) is 0 Å². The predicted molar refractivity (Wildman–Crippen MR) is 95.7 cm³/mol. The number of nitrogens with zero attached hydrogens (tertiary/aromatic N) is 2. The number of anilines is 1. The number of hydrogen-bond acceptors (Lipinski definition) is 4. The number of aromatic nitrogens is 2. The lowest BCUT2D eigenvalue weighted by Crippen LogP contribution is -2.10. The summed E-state index contributed by atoms with van der Waals surface area (Å²) in [4.78, 5) is 0. The molecule has 2 heterocycles. The molecule has 0 unspecified atom stereocenters. The Hall–Kier alpha value is -2.79. The number of benzene rings is 1. The lowest BCUT2D eigenvalue weighted by molar-refractivity contribution is 0.270. The van der Waals surface area contributed by atoms with E-state index in [1.54, 1.807) is 10.9 Å². The summed E-state index contributed by atoms with van der Waals surface area (Å²) < 4.78 is 7.12. The van der Waals surface area contributed by atoms with Crippen molar-refractivity contribution in [2.24, 2.45) is 0 Å². The zero-order valence-electron chi connectivity index (χ0n) is 13.6. The number of aliphatic hydroxyl groups is 1. The molecule has 0 aliphatic carbocycles. The highest BCUT2D eigenvalue weighted by atomic mass is 16.3. The third-order valence-corrected chi connectivity index (χ3v) is 3.74. The maximum Gasteiger partial charge on any atom is 0.125 e. The second kappa shape index (κ2) is 7.66. The minimum atomic E-state index is 0.0417. The fourth-order valence-corrected chi connectivity index (χ4v) is 2.53. The van der Waals surface area contributed by atoms with Gasteiger partial charge in [0.05, 0.1) is 25.1 Å². The number of nitrogens with one attached hydrogen (secondary N) is 1. The van der Waals surface area contributed by atoms with Gasteiger partial charge in [-0.05, 0) is 18.6 Å². The maximum absolute atomic E-state index is 9.24. The number of aryl methyl sites for hydroxylation is 1. The molecule has 124 valence electrons. The Balaban J connectivity index is 1.71. The predicted octanol–water partition coefficient (Wildman–Crippen LogP) is 3.57. The third-order valence-electron chi connectivity index (χ3n) is 3.74. The van der Waals surface area contributed by atoms with Gasteiger partial charge in [0.1, 0.15) is 11.6 Å². The van der Waals surface area contributed by atoms with Gasteiger partial charge in [-0.2, -0.15) is 5.10 Å². The van der Waals surface area contributed by atoms with Crippen LogP contribution in [0, 0.1) is 6.92 Å². The summed E-state index contributed by atoms with van der Waals surface area (Å²) in [5, 5.41) is 17.1. The van der Waals surface area contributed by atoms with Gasteiger partial charge in [0.25, 0.3) is 0 Å². The summed E-state index contributed by atoms with van der Waals surface area (Å²) in [6.45, 7) is 3.08. The second-order valence-corrected chi connectivity index (χ2v) is 5.45. The van der Waals surface area contributed by atoms with Crippen LogP contribution in [0.3, 0.4) is 0 Å². The van der Waals surface area contributed by atoms with Crippen LogP contribution in [0.15, 0.2) is 59.2 Å². The monoisotopic (exact) mass is 323 g/mol. The Morgan fingerprint density at radius 2 is 2.08 bits per heavy atom. The van der Waals surface area contributed by atoms with E-state index in [0.717, 1.165) is 28.4 Å². The molecule has 0 saturated carbocycles. The van der Waals surface area contributed by atoms with E-state index >= 15 is 0 Å². The minimum Gasteiger partial charge on any atom is -0.469 e. The first-order chi connectivity index (χ1) is 11.8. The van der Waals surface area contributed by atoms with Crippen LogP contribution >= 0.6 is 0 Å². The normalized spacial score (nSPS) is 11.2. The summed E-state index contributed by atoms with van der Waals surface area (Å²) in [7, 11) is 0. The van der Waals surface area contributed by atoms with E-state index in [4.69, 9.17) is 4.42 Å². The molecular formula is C19H21N3O2. The van der Waals surface area contributed by atoms with E-state index in [1.165, 1.54) is 0 Å². The van der Waals surface area contributed by atoms with Crippen molar-refractivity contribution in [3.05, 3.63) is 66.1 Å². The smallest absolute Gasteiger partial charge is 0.125 e. The molecule has 2 aromatic heterocycles. The molecule has 3 aromatic rings. The van der Waals surface area contributed by atoms with Gasteiger partial charge in [0.15, 0.2) is 0 Å². The first-order valence-electron chi connectivity index (χ1n) is 7.96. The van der Waals surface area contributed by atoms with Crippen molar-refractivity contribution in [3.8, 4) is 11.3 Å². The fourth-order valence-electron chi connectivity index (χ4n) is 2.53. The van der Waals surface area contributed by atoms with Gasteiger partial charge in [0, 0.05) is 18.2 Å². The SMILES string of the molecule is Cc1occc1-c1cc(NC/C=C/c2ccccc2)n(CCO)n1. The van der Waals surface area contributed by atoms with E-state index in [1.807, 2.05) is 37.3 Å². The van der Waals surface area contributed by atoms with Crippen molar-refractivity contribution < 1.29 is 9.52 Å². The van der Waals surface area contributed by atoms with Crippen molar-refractivity contribution in [2.75, 3.05) is 18.5 Å². The molecule has 0 saturated heterocycles. The molecular weight excluding hydrogens is 302 g/mol. The van der Waals surface area contributed by atoms with Crippen LogP contribution in [0.5, 0.6) is 0 Å². The largest absolute Gasteiger partial charge is 0.469 e. The Morgan fingerprint density at radius 1 is 1.25 bits per heavy atom. The van der Waals surface area contributed by atoms with E-state index in [-0.39, 0.29) is 6.61 Å². The van der Waals surface area contributed by atoms with E-state index in [2.05, 4.69) is 34.7 Å². The molecule has 5 heteroatoms. The first-order valence-corrected chi connectivity index (χ1v) is 7.96. The molecule has 1 aromatic carbocycles. The van der Waals surface area contributed by atoms with Gasteiger partial charge < -0.3 is 14.8 Å². The summed E-state index contributed by atoms with van der Waals surface area (Å²) >= 11 is 0. The zero-order valence-corrected chi connectivity index (χ0v) is 13.6. The number of hydrogen-bond donors (Lipinski definition) is 2. The van der Waals surface area contributed by atoms with Gasteiger partial charge in [0.2, 0.25) is 0 Å². The molecule has 2 N–H and O–H groups in total. The van der Waals surface area contributed by atoms with Gasteiger partial charge in [-0.25, -0.2) is 4.68 Å². The van der Waals surface area contributed by atoms with Crippen molar-refractivity contribution in [1.82, 2.24) is 9.78 Å². The Kier molecular flexibility index (Phi) is 5.13. The molecule has 5 nitrogen and oxygen atoms in total. The second-order valence-electron chi connectivity index (χ2n) is 5.45. The first kappa shape index (κ1) is 16.1. The van der Waals surface area contributed by atoms with Gasteiger partial charge >= 0.3 is 0 Å². The molecule has 0 spiro atoms. The standard InChI is InChI=1S/C19H21N3O2/c1-15-17(9-13-24-15)18-14-19(22(21-18)11-12-23)20-10-5-8-16-6-3-2-4-7-16/h2-9,13-14,20,23H,10-12H2,1H3/b8-5+. The number of furan rings is 1. The lowest BCUT2D eigenvalue weighted by atomic mass is 10.2. The molecule has 0 atom stereocenters. The Morgan fingerprint density at radius 3 is 2.79 bits per heavy atom. The van der Waals surface area contributed by atoms with Gasteiger partial charge in [-0.15, -0.1) is 0 Å². The summed E-state index contributed by atoms with van der Waals surface area (Å²) in [6.07, 6.45) is 5.79. The highest BCUT2D eigenvalue weighted by Crippen LogP contribution is 2.25. The average molecular weight is 323 g/mol. The topological polar surface area (TPSA) is 63.2 Å². The summed E-state index contributed by atoms with van der Waals surface area (Å²) in [5.74, 6) is 1.71. The maximum atomic E-state index is 9.24. The van der Waals surface area contributed by atoms with E-state index in [9.17, 15) is 5.11 Å². The highest BCUT2D eigenvalue weighted by Gasteiger charge is 2.12. The summed E-state index contributed by atoms with van der Waals surface area (Å²) in [5.41, 5.74) is 2.97. The van der Waals surface area contributed by atoms with Crippen LogP contribution in [0.25, 0.3) is 17.3 Å². The van der Waals surface area contributed by atoms with Crippen molar-refractivity contribution >= 4 is 11.9 Å². The number of rotatable bonds is 7. The third kappa shape index (κ3) is 3.75. The summed E-state index contributed by atoms with van der Waals surface area (Å²) in [6, 6.07) is 14.0. The van der Waals surface area contributed by atoms with Crippen LogP contribution in [0.1, 0.15) is 11.3 Å². The average Bonchev–Trinajstić information content (AvgIpc) is 3.19. The molecule has 0 amide bonds. The fraction of sp³-hybridized carbons (Fsp3) is 0.211. The lowest BCUT2D eigenvalue weighted by Gasteiger charge is -2.06. The van der Waals surface area contributed by atoms with Crippen LogP contribution in [-0.2, 0) is 6.54 Å². The molecule has 0 aliphatic heterocycles.